The summed E-state index contributed by atoms with van der Waals surface area (Å²) in [5, 5.41) is 11.4. The summed E-state index contributed by atoms with van der Waals surface area (Å²) in [4.78, 5) is 23.2. The fraction of sp³-hybridized carbons (Fsp3) is 0.118. The molecule has 2 aromatic carbocycles. The highest BCUT2D eigenvalue weighted by Gasteiger charge is 2.16. The van der Waals surface area contributed by atoms with Crippen molar-refractivity contribution in [2.75, 3.05) is 5.32 Å². The van der Waals surface area contributed by atoms with Gasteiger partial charge in [0.05, 0.1) is 17.2 Å². The summed E-state index contributed by atoms with van der Waals surface area (Å²) in [6, 6.07) is 13.5. The number of halogens is 1. The Morgan fingerprint density at radius 1 is 1.30 bits per heavy atom. The maximum Gasteiger partial charge on any atom is 0.265 e. The Labute approximate surface area is 142 Å². The van der Waals surface area contributed by atoms with E-state index in [-0.39, 0.29) is 5.91 Å². The lowest BCUT2D eigenvalue weighted by Crippen LogP contribution is -2.30. The van der Waals surface area contributed by atoms with Crippen LogP contribution in [0.5, 0.6) is 5.75 Å². The Kier molecular flexibility index (Phi) is 5.50. The number of benzene rings is 2. The van der Waals surface area contributed by atoms with Crippen LogP contribution in [0.2, 0.25) is 0 Å². The minimum absolute atomic E-state index is 0.339. The van der Waals surface area contributed by atoms with Crippen molar-refractivity contribution in [2.45, 2.75) is 13.0 Å². The standard InChI is InChI=1S/C17H13BrN2O3/c1-11(23-16-7-4-14(18)8-13(16)10-21)17(22)20-15-5-2-12(9-19)3-6-15/h2-8,10-11H,1H3,(H,20,22)/t11-/m0/s1. The van der Waals surface area contributed by atoms with Gasteiger partial charge in [-0.15, -0.1) is 0 Å². The Hall–Kier alpha value is -2.65. The van der Waals surface area contributed by atoms with Gasteiger partial charge in [-0.3, -0.25) is 9.59 Å². The second kappa shape index (κ2) is 7.56. The molecular weight excluding hydrogens is 360 g/mol. The second-order valence-electron chi connectivity index (χ2n) is 4.74. The molecule has 0 aliphatic carbocycles. The average molecular weight is 373 g/mol. The van der Waals surface area contributed by atoms with Crippen LogP contribution < -0.4 is 10.1 Å². The molecule has 1 N–H and O–H groups in total. The number of nitrogens with zero attached hydrogens (tertiary/aromatic N) is 1. The number of nitriles is 1. The number of carbonyl (C=O) groups is 2. The number of amides is 1. The van der Waals surface area contributed by atoms with Gasteiger partial charge in [-0.05, 0) is 49.4 Å². The van der Waals surface area contributed by atoms with E-state index in [1.54, 1.807) is 49.4 Å². The summed E-state index contributed by atoms with van der Waals surface area (Å²) in [5.41, 5.74) is 1.44. The van der Waals surface area contributed by atoms with Crippen molar-refractivity contribution in [3.63, 3.8) is 0 Å². The molecule has 0 radical (unpaired) electrons. The molecule has 23 heavy (non-hydrogen) atoms. The lowest BCUT2D eigenvalue weighted by Gasteiger charge is -2.16. The van der Waals surface area contributed by atoms with Crippen molar-refractivity contribution in [1.29, 1.82) is 5.26 Å². The zero-order chi connectivity index (χ0) is 16.8. The Bertz CT molecular complexity index is 766. The number of anilines is 1. The minimum atomic E-state index is -0.787. The summed E-state index contributed by atoms with van der Waals surface area (Å²) < 4.78 is 6.31. The molecule has 0 fully saturated rings. The fourth-order valence-corrected chi connectivity index (χ4v) is 2.21. The number of hydrogen-bond acceptors (Lipinski definition) is 4. The quantitative estimate of drug-likeness (QED) is 0.814. The molecular formula is C17H13BrN2O3. The van der Waals surface area contributed by atoms with Crippen LogP contribution in [0.4, 0.5) is 5.69 Å². The van der Waals surface area contributed by atoms with Gasteiger partial charge >= 0.3 is 0 Å². The fourth-order valence-electron chi connectivity index (χ4n) is 1.83. The van der Waals surface area contributed by atoms with Gasteiger partial charge < -0.3 is 10.1 Å². The van der Waals surface area contributed by atoms with Crippen molar-refractivity contribution in [2.24, 2.45) is 0 Å². The highest BCUT2D eigenvalue weighted by molar-refractivity contribution is 9.10. The van der Waals surface area contributed by atoms with Gasteiger partial charge in [0.15, 0.2) is 12.4 Å². The maximum absolute atomic E-state index is 12.1. The number of nitrogens with one attached hydrogen (secondary N) is 1. The van der Waals surface area contributed by atoms with E-state index in [1.807, 2.05) is 6.07 Å². The van der Waals surface area contributed by atoms with Crippen molar-refractivity contribution >= 4 is 33.8 Å². The second-order valence-corrected chi connectivity index (χ2v) is 5.65. The van der Waals surface area contributed by atoms with Crippen LogP contribution in [-0.2, 0) is 4.79 Å². The Morgan fingerprint density at radius 2 is 2.00 bits per heavy atom. The monoisotopic (exact) mass is 372 g/mol. The number of rotatable bonds is 5. The summed E-state index contributed by atoms with van der Waals surface area (Å²) in [5.74, 6) is -0.0137. The van der Waals surface area contributed by atoms with Gasteiger partial charge in [0, 0.05) is 10.2 Å². The average Bonchev–Trinajstić information content (AvgIpc) is 2.57. The largest absolute Gasteiger partial charge is 0.480 e. The van der Waals surface area contributed by atoms with Crippen molar-refractivity contribution in [3.05, 3.63) is 58.1 Å². The molecule has 0 heterocycles. The molecule has 116 valence electrons. The third-order valence-corrected chi connectivity index (χ3v) is 3.55. The topological polar surface area (TPSA) is 79.2 Å². The van der Waals surface area contributed by atoms with Crippen LogP contribution in [0.3, 0.4) is 0 Å². The van der Waals surface area contributed by atoms with Crippen molar-refractivity contribution in [1.82, 2.24) is 0 Å². The molecule has 0 unspecified atom stereocenters. The van der Waals surface area contributed by atoms with E-state index in [0.29, 0.717) is 28.8 Å². The first kappa shape index (κ1) is 16.7. The number of hydrogen-bond donors (Lipinski definition) is 1. The number of ether oxygens (including phenoxy) is 1. The van der Waals surface area contributed by atoms with Crippen LogP contribution >= 0.6 is 15.9 Å². The van der Waals surface area contributed by atoms with E-state index in [4.69, 9.17) is 10.00 Å². The summed E-state index contributed by atoms with van der Waals surface area (Å²) in [7, 11) is 0. The van der Waals surface area contributed by atoms with Gasteiger partial charge in [-0.2, -0.15) is 5.26 Å². The lowest BCUT2D eigenvalue weighted by atomic mass is 10.2. The molecule has 2 rings (SSSR count). The highest BCUT2D eigenvalue weighted by Crippen LogP contribution is 2.23. The first-order chi connectivity index (χ1) is 11.0. The summed E-state index contributed by atoms with van der Waals surface area (Å²) in [6.45, 7) is 1.59. The van der Waals surface area contributed by atoms with Crippen LogP contribution in [0.15, 0.2) is 46.9 Å². The molecule has 0 spiro atoms. The van der Waals surface area contributed by atoms with E-state index in [1.165, 1.54) is 0 Å². The van der Waals surface area contributed by atoms with E-state index in [0.717, 1.165) is 4.47 Å². The van der Waals surface area contributed by atoms with Gasteiger partial charge in [0.1, 0.15) is 5.75 Å². The molecule has 2 aromatic rings. The van der Waals surface area contributed by atoms with Gasteiger partial charge in [0.2, 0.25) is 0 Å². The van der Waals surface area contributed by atoms with Crippen LogP contribution in [0.25, 0.3) is 0 Å². The molecule has 6 heteroatoms. The predicted octanol–water partition coefficient (Wildman–Crippen LogP) is 3.54. The predicted molar refractivity (Wildman–Crippen MR) is 89.4 cm³/mol. The third kappa shape index (κ3) is 4.41. The molecule has 0 saturated heterocycles. The van der Waals surface area contributed by atoms with Crippen LogP contribution in [-0.4, -0.2) is 18.3 Å². The van der Waals surface area contributed by atoms with Gasteiger partial charge in [-0.1, -0.05) is 15.9 Å². The van der Waals surface area contributed by atoms with E-state index < -0.39 is 6.10 Å². The molecule has 0 aliphatic rings. The van der Waals surface area contributed by atoms with Crippen LogP contribution in [0.1, 0.15) is 22.8 Å². The molecule has 0 saturated carbocycles. The van der Waals surface area contributed by atoms with Gasteiger partial charge in [-0.25, -0.2) is 0 Å². The van der Waals surface area contributed by atoms with E-state index in [9.17, 15) is 9.59 Å². The Balaban J connectivity index is 2.05. The number of aldehydes is 1. The first-order valence-corrected chi connectivity index (χ1v) is 7.55. The smallest absolute Gasteiger partial charge is 0.265 e. The zero-order valence-corrected chi connectivity index (χ0v) is 13.8. The molecule has 0 aromatic heterocycles. The van der Waals surface area contributed by atoms with E-state index >= 15 is 0 Å². The number of carbonyl (C=O) groups excluding carboxylic acids is 2. The molecule has 0 bridgehead atoms. The van der Waals surface area contributed by atoms with Crippen molar-refractivity contribution in [3.8, 4) is 11.8 Å². The summed E-state index contributed by atoms with van der Waals surface area (Å²) >= 11 is 3.27. The molecule has 0 aliphatic heterocycles. The minimum Gasteiger partial charge on any atom is -0.480 e. The van der Waals surface area contributed by atoms with E-state index in [2.05, 4.69) is 21.2 Å². The highest BCUT2D eigenvalue weighted by atomic mass is 79.9. The molecule has 1 atom stereocenters. The maximum atomic E-state index is 12.1. The van der Waals surface area contributed by atoms with Gasteiger partial charge in [0.25, 0.3) is 5.91 Å². The van der Waals surface area contributed by atoms with Crippen molar-refractivity contribution < 1.29 is 14.3 Å². The lowest BCUT2D eigenvalue weighted by molar-refractivity contribution is -0.122. The zero-order valence-electron chi connectivity index (χ0n) is 12.2. The molecule has 5 nitrogen and oxygen atoms in total. The third-order valence-electron chi connectivity index (χ3n) is 3.05. The summed E-state index contributed by atoms with van der Waals surface area (Å²) in [6.07, 6.45) is -0.115. The Morgan fingerprint density at radius 3 is 2.61 bits per heavy atom. The normalized spacial score (nSPS) is 11.2. The molecule has 1 amide bonds. The SMILES string of the molecule is C[C@H](Oc1ccc(Br)cc1C=O)C(=O)Nc1ccc(C#N)cc1. The first-order valence-electron chi connectivity index (χ1n) is 6.76. The van der Waals surface area contributed by atoms with Crippen LogP contribution in [0, 0.1) is 11.3 Å².